The molecule has 25 heavy (non-hydrogen) atoms. The fraction of sp³-hybridized carbons (Fsp3) is 0.381. The van der Waals surface area contributed by atoms with Gasteiger partial charge >= 0.3 is 0 Å². The van der Waals surface area contributed by atoms with Crippen molar-refractivity contribution in [3.05, 3.63) is 65.0 Å². The van der Waals surface area contributed by atoms with Crippen LogP contribution in [0.15, 0.2) is 42.6 Å². The number of carbonyl (C=O) groups is 2. The monoisotopic (exact) mass is 334 g/mol. The number of benzene rings is 1. The summed E-state index contributed by atoms with van der Waals surface area (Å²) in [5.74, 6) is 0.225. The number of nitrogens with zero attached hydrogens (tertiary/aromatic N) is 2. The highest BCUT2D eigenvalue weighted by atomic mass is 16.2. The van der Waals surface area contributed by atoms with Crippen molar-refractivity contribution in [2.45, 2.75) is 44.4 Å². The van der Waals surface area contributed by atoms with Crippen molar-refractivity contribution in [3.63, 3.8) is 0 Å². The zero-order valence-electron chi connectivity index (χ0n) is 14.3. The van der Waals surface area contributed by atoms with Gasteiger partial charge in [-0.2, -0.15) is 0 Å². The molecule has 2 amide bonds. The third kappa shape index (κ3) is 2.97. The maximum Gasteiger partial charge on any atom is 0.261 e. The molecule has 2 heterocycles. The summed E-state index contributed by atoms with van der Waals surface area (Å²) in [6.45, 7) is 0.508. The summed E-state index contributed by atoms with van der Waals surface area (Å²) in [4.78, 5) is 30.7. The molecule has 4 nitrogen and oxygen atoms in total. The predicted octanol–water partition coefficient (Wildman–Crippen LogP) is 3.97. The number of hydrogen-bond acceptors (Lipinski definition) is 3. The van der Waals surface area contributed by atoms with Gasteiger partial charge in [-0.15, -0.1) is 0 Å². The number of fused-ring (bicyclic) bond motifs is 2. The minimum Gasteiger partial charge on any atom is -0.274 e. The lowest BCUT2D eigenvalue weighted by Crippen LogP contribution is -2.30. The molecule has 128 valence electrons. The Hall–Kier alpha value is -2.49. The van der Waals surface area contributed by atoms with Crippen LogP contribution in [-0.4, -0.2) is 28.2 Å². The Kier molecular flexibility index (Phi) is 4.35. The third-order valence-electron chi connectivity index (χ3n) is 5.37. The highest BCUT2D eigenvalue weighted by Crippen LogP contribution is 2.33. The van der Waals surface area contributed by atoms with Gasteiger partial charge in [0.25, 0.3) is 11.8 Å². The molecule has 0 fully saturated rings. The molecule has 1 aromatic carbocycles. The Morgan fingerprint density at radius 3 is 2.52 bits per heavy atom. The number of carbonyl (C=O) groups excluding carboxylic acids is 2. The molecule has 1 aliphatic carbocycles. The lowest BCUT2D eigenvalue weighted by molar-refractivity contribution is 0.0651. The molecule has 0 unspecified atom stereocenters. The molecule has 0 spiro atoms. The summed E-state index contributed by atoms with van der Waals surface area (Å²) in [5, 5.41) is 0. The molecule has 2 aromatic rings. The Labute approximate surface area is 147 Å². The van der Waals surface area contributed by atoms with Gasteiger partial charge in [0.1, 0.15) is 0 Å². The number of amides is 2. The van der Waals surface area contributed by atoms with Gasteiger partial charge in [-0.25, -0.2) is 0 Å². The lowest BCUT2D eigenvalue weighted by Gasteiger charge is -2.24. The molecular weight excluding hydrogens is 312 g/mol. The van der Waals surface area contributed by atoms with Gasteiger partial charge < -0.3 is 0 Å². The first-order valence-corrected chi connectivity index (χ1v) is 9.14. The number of hydrogen-bond donors (Lipinski definition) is 0. The normalized spacial score (nSPS) is 19.0. The standard InChI is InChI=1S/C21H22N2O2/c24-20-17-11-1-2-12-18(17)21(25)23(20)14-4-3-7-15-8-5-9-16-10-6-13-22-19(15)16/h1-2,6,10-13,15H,3-5,7-9,14H2/t15-/m1/s1. The Balaban J connectivity index is 1.33. The van der Waals surface area contributed by atoms with Crippen molar-refractivity contribution in [1.29, 1.82) is 0 Å². The molecule has 0 saturated carbocycles. The first-order chi connectivity index (χ1) is 12.3. The summed E-state index contributed by atoms with van der Waals surface area (Å²) in [6, 6.07) is 11.3. The summed E-state index contributed by atoms with van der Waals surface area (Å²) in [5.41, 5.74) is 3.73. The van der Waals surface area contributed by atoms with E-state index in [0.29, 0.717) is 23.6 Å². The molecule has 4 heteroatoms. The van der Waals surface area contributed by atoms with E-state index in [1.165, 1.54) is 29.0 Å². The zero-order chi connectivity index (χ0) is 17.2. The zero-order valence-corrected chi connectivity index (χ0v) is 14.3. The molecule has 1 atom stereocenters. The van der Waals surface area contributed by atoms with Gasteiger partial charge in [0.2, 0.25) is 0 Å². The first kappa shape index (κ1) is 16.0. The van der Waals surface area contributed by atoms with Crippen LogP contribution in [-0.2, 0) is 6.42 Å². The fourth-order valence-electron chi connectivity index (χ4n) is 4.09. The van der Waals surface area contributed by atoms with E-state index in [0.717, 1.165) is 25.7 Å². The maximum absolute atomic E-state index is 12.4. The van der Waals surface area contributed by atoms with E-state index in [-0.39, 0.29) is 11.8 Å². The van der Waals surface area contributed by atoms with E-state index in [9.17, 15) is 9.59 Å². The average Bonchev–Trinajstić information content (AvgIpc) is 2.90. The largest absolute Gasteiger partial charge is 0.274 e. The van der Waals surface area contributed by atoms with Crippen molar-refractivity contribution in [2.75, 3.05) is 6.54 Å². The minimum atomic E-state index is -0.148. The molecule has 1 aromatic heterocycles. The van der Waals surface area contributed by atoms with E-state index in [2.05, 4.69) is 11.1 Å². The predicted molar refractivity (Wildman–Crippen MR) is 95.6 cm³/mol. The number of imide groups is 1. The van der Waals surface area contributed by atoms with Gasteiger partial charge in [0, 0.05) is 24.4 Å². The van der Waals surface area contributed by atoms with E-state index in [4.69, 9.17) is 0 Å². The van der Waals surface area contributed by atoms with Crippen LogP contribution in [0.25, 0.3) is 0 Å². The molecule has 0 N–H and O–H groups in total. The quantitative estimate of drug-likeness (QED) is 0.614. The van der Waals surface area contributed by atoms with Gasteiger partial charge in [0.15, 0.2) is 0 Å². The van der Waals surface area contributed by atoms with Crippen LogP contribution in [0.5, 0.6) is 0 Å². The van der Waals surface area contributed by atoms with Crippen molar-refractivity contribution in [1.82, 2.24) is 9.88 Å². The number of aryl methyl sites for hydroxylation is 1. The maximum atomic E-state index is 12.4. The summed E-state index contributed by atoms with van der Waals surface area (Å²) in [7, 11) is 0. The first-order valence-electron chi connectivity index (χ1n) is 9.14. The molecule has 0 saturated heterocycles. The van der Waals surface area contributed by atoms with Crippen molar-refractivity contribution < 1.29 is 9.59 Å². The summed E-state index contributed by atoms with van der Waals surface area (Å²) in [6.07, 6.45) is 8.37. The minimum absolute atomic E-state index is 0.148. The van der Waals surface area contributed by atoms with Crippen LogP contribution < -0.4 is 0 Å². The van der Waals surface area contributed by atoms with Crippen LogP contribution in [0.2, 0.25) is 0 Å². The van der Waals surface area contributed by atoms with Gasteiger partial charge in [-0.3, -0.25) is 19.5 Å². The Morgan fingerprint density at radius 2 is 1.76 bits per heavy atom. The van der Waals surface area contributed by atoms with Gasteiger partial charge in [-0.1, -0.05) is 24.6 Å². The van der Waals surface area contributed by atoms with Gasteiger partial charge in [0.05, 0.1) is 11.1 Å². The van der Waals surface area contributed by atoms with E-state index >= 15 is 0 Å². The van der Waals surface area contributed by atoms with Crippen molar-refractivity contribution in [2.24, 2.45) is 0 Å². The lowest BCUT2D eigenvalue weighted by atomic mass is 9.83. The molecule has 1 aliphatic heterocycles. The molecular formula is C21H22N2O2. The van der Waals surface area contributed by atoms with Gasteiger partial charge in [-0.05, 0) is 55.9 Å². The summed E-state index contributed by atoms with van der Waals surface area (Å²) >= 11 is 0. The van der Waals surface area contributed by atoms with Crippen molar-refractivity contribution in [3.8, 4) is 0 Å². The van der Waals surface area contributed by atoms with E-state index in [1.54, 1.807) is 24.3 Å². The highest BCUT2D eigenvalue weighted by Gasteiger charge is 2.34. The van der Waals surface area contributed by atoms with Crippen LogP contribution in [0, 0.1) is 0 Å². The van der Waals surface area contributed by atoms with Crippen LogP contribution in [0.4, 0.5) is 0 Å². The molecule has 4 rings (SSSR count). The van der Waals surface area contributed by atoms with E-state index in [1.807, 2.05) is 12.3 Å². The highest BCUT2D eigenvalue weighted by molar-refractivity contribution is 6.21. The van der Waals surface area contributed by atoms with Crippen molar-refractivity contribution >= 4 is 11.8 Å². The second kappa shape index (κ2) is 6.79. The number of rotatable bonds is 5. The average molecular weight is 334 g/mol. The molecule has 0 bridgehead atoms. The Bertz CT molecular complexity index is 780. The smallest absolute Gasteiger partial charge is 0.261 e. The van der Waals surface area contributed by atoms with E-state index < -0.39 is 0 Å². The number of pyridine rings is 1. The SMILES string of the molecule is O=C1c2ccccc2C(=O)N1CCCC[C@@H]1CCCc2cccnc21. The second-order valence-corrected chi connectivity index (χ2v) is 6.94. The third-order valence-corrected chi connectivity index (χ3v) is 5.37. The number of aromatic nitrogens is 1. The number of unbranched alkanes of at least 4 members (excludes halogenated alkanes) is 1. The van der Waals surface area contributed by atoms with Crippen LogP contribution in [0.1, 0.15) is 70.0 Å². The second-order valence-electron chi connectivity index (χ2n) is 6.94. The van der Waals surface area contributed by atoms with Crippen LogP contribution >= 0.6 is 0 Å². The fourth-order valence-corrected chi connectivity index (χ4v) is 4.09. The molecule has 0 radical (unpaired) electrons. The topological polar surface area (TPSA) is 50.3 Å². The van der Waals surface area contributed by atoms with Crippen LogP contribution in [0.3, 0.4) is 0 Å². The summed E-state index contributed by atoms with van der Waals surface area (Å²) < 4.78 is 0. The Morgan fingerprint density at radius 1 is 1.00 bits per heavy atom. The molecule has 2 aliphatic rings.